The number of carbonyl (C=O) groups is 1. The third-order valence-corrected chi connectivity index (χ3v) is 6.24. The van der Waals surface area contributed by atoms with Gasteiger partial charge in [0.05, 0.1) is 18.5 Å². The maximum Gasteiger partial charge on any atom is 0.300 e. The van der Waals surface area contributed by atoms with Crippen LogP contribution in [0.25, 0.3) is 11.2 Å². The lowest BCUT2D eigenvalue weighted by molar-refractivity contribution is -0.0511. The molecule has 0 radical (unpaired) electrons. The van der Waals surface area contributed by atoms with Crippen molar-refractivity contribution in [1.29, 1.82) is 0 Å². The number of rotatable bonds is 5. The average Bonchev–Trinajstić information content (AvgIpc) is 3.29. The first-order valence-corrected chi connectivity index (χ1v) is 11.1. The van der Waals surface area contributed by atoms with E-state index in [0.717, 1.165) is 23.0 Å². The molecule has 176 valence electrons. The first kappa shape index (κ1) is 23.1. The summed E-state index contributed by atoms with van der Waals surface area (Å²) < 4.78 is 33.8. The number of aromatic nitrogens is 4. The smallest absolute Gasteiger partial charge is 0.300 e. The van der Waals surface area contributed by atoms with Crippen molar-refractivity contribution in [3.63, 3.8) is 0 Å². The molecular weight excluding hydrogens is 484 g/mol. The second-order valence-electron chi connectivity index (χ2n) is 7.04. The van der Waals surface area contributed by atoms with E-state index < -0.39 is 58.0 Å². The fraction of sp³-hybridized carbons (Fsp3) is 0.294. The SMILES string of the molecule is Nc1nc(S(=O)(=O)NC(=O)c2ccc(Cl)cc2O)nc2c1ncn2[C@@H]1O[C@H](CO)C(O)C1O. The van der Waals surface area contributed by atoms with Crippen LogP contribution < -0.4 is 10.5 Å². The predicted molar refractivity (Wildman–Crippen MR) is 111 cm³/mol. The van der Waals surface area contributed by atoms with E-state index in [0.29, 0.717) is 0 Å². The number of benzene rings is 1. The largest absolute Gasteiger partial charge is 0.507 e. The summed E-state index contributed by atoms with van der Waals surface area (Å²) >= 11 is 5.71. The third kappa shape index (κ3) is 4.05. The Hall–Kier alpha value is -3.08. The number of nitrogens with two attached hydrogens (primary N) is 1. The summed E-state index contributed by atoms with van der Waals surface area (Å²) in [7, 11) is -4.69. The molecule has 0 saturated carbocycles. The number of aliphatic hydroxyl groups excluding tert-OH is 3. The van der Waals surface area contributed by atoms with Gasteiger partial charge in [-0.3, -0.25) is 9.36 Å². The van der Waals surface area contributed by atoms with Gasteiger partial charge in [0.1, 0.15) is 29.6 Å². The van der Waals surface area contributed by atoms with Crippen LogP contribution in [-0.2, 0) is 14.8 Å². The van der Waals surface area contributed by atoms with E-state index in [1.807, 2.05) is 0 Å². The molecule has 0 spiro atoms. The summed E-state index contributed by atoms with van der Waals surface area (Å²) in [5, 5.41) is 38.6. The van der Waals surface area contributed by atoms with Gasteiger partial charge in [-0.1, -0.05) is 11.6 Å². The quantitative estimate of drug-likeness (QED) is 0.220. The number of aromatic hydroxyl groups is 1. The molecule has 3 aromatic rings. The molecule has 16 heteroatoms. The number of amides is 1. The number of hydrogen-bond donors (Lipinski definition) is 6. The highest BCUT2D eigenvalue weighted by atomic mass is 35.5. The van der Waals surface area contributed by atoms with E-state index in [9.17, 15) is 33.6 Å². The lowest BCUT2D eigenvalue weighted by Gasteiger charge is -2.16. The molecule has 2 unspecified atom stereocenters. The number of fused-ring (bicyclic) bond motifs is 1. The van der Waals surface area contributed by atoms with Gasteiger partial charge in [0.2, 0.25) is 0 Å². The summed E-state index contributed by atoms with van der Waals surface area (Å²) in [6.07, 6.45) is -4.16. The van der Waals surface area contributed by atoms with Gasteiger partial charge < -0.3 is 30.9 Å². The Balaban J connectivity index is 1.71. The van der Waals surface area contributed by atoms with E-state index in [1.165, 1.54) is 6.07 Å². The van der Waals surface area contributed by atoms with Gasteiger partial charge in [-0.25, -0.2) is 9.71 Å². The van der Waals surface area contributed by atoms with Gasteiger partial charge in [-0.15, -0.1) is 0 Å². The van der Waals surface area contributed by atoms with Crippen LogP contribution in [0.5, 0.6) is 5.75 Å². The summed E-state index contributed by atoms with van der Waals surface area (Å²) in [4.78, 5) is 23.9. The number of nitrogen functional groups attached to an aromatic ring is 1. The molecule has 7 N–H and O–H groups in total. The van der Waals surface area contributed by atoms with Crippen molar-refractivity contribution < 1.29 is 38.4 Å². The molecule has 1 amide bonds. The average molecular weight is 501 g/mol. The molecule has 0 bridgehead atoms. The number of phenolic OH excluding ortho intramolecular Hbond substituents is 1. The van der Waals surface area contributed by atoms with Crippen LogP contribution in [0.15, 0.2) is 29.7 Å². The minimum absolute atomic E-state index is 0.0339. The lowest BCUT2D eigenvalue weighted by Crippen LogP contribution is -2.33. The van der Waals surface area contributed by atoms with Crippen molar-refractivity contribution in [2.75, 3.05) is 12.3 Å². The van der Waals surface area contributed by atoms with Crippen molar-refractivity contribution in [2.45, 2.75) is 29.7 Å². The fourth-order valence-corrected chi connectivity index (χ4v) is 4.29. The number of imidazole rings is 1. The molecule has 2 aromatic heterocycles. The highest BCUT2D eigenvalue weighted by Gasteiger charge is 2.44. The topological polar surface area (TPSA) is 223 Å². The molecule has 1 aliphatic rings. The van der Waals surface area contributed by atoms with Gasteiger partial charge in [-0.05, 0) is 18.2 Å². The standard InChI is InChI=1S/C17H17ClN6O8S/c18-6-1-2-7(8(26)3-6)15(29)23-33(30,31)17-21-13(19)10-14(22-17)24(5-20-10)16-12(28)11(27)9(4-25)32-16/h1-3,5,9,11-12,16,25-28H,4H2,(H,23,29)(H2,19,21,22)/t9-,11?,12?,16-/m1/s1. The number of nitrogens with one attached hydrogen (secondary N) is 1. The summed E-state index contributed by atoms with van der Waals surface area (Å²) in [5.74, 6) is -2.08. The van der Waals surface area contributed by atoms with Crippen LogP contribution in [0.1, 0.15) is 16.6 Å². The van der Waals surface area contributed by atoms with Gasteiger partial charge in [0.25, 0.3) is 21.1 Å². The molecule has 4 atom stereocenters. The molecule has 3 heterocycles. The van der Waals surface area contributed by atoms with E-state index in [2.05, 4.69) is 15.0 Å². The lowest BCUT2D eigenvalue weighted by atomic mass is 10.1. The zero-order valence-corrected chi connectivity index (χ0v) is 18.0. The van der Waals surface area contributed by atoms with Gasteiger partial charge in [0.15, 0.2) is 17.7 Å². The maximum absolute atomic E-state index is 12.8. The Morgan fingerprint density at radius 1 is 1.27 bits per heavy atom. The Morgan fingerprint density at radius 2 is 2.00 bits per heavy atom. The van der Waals surface area contributed by atoms with Gasteiger partial charge in [-0.2, -0.15) is 18.4 Å². The molecular formula is C17H17ClN6O8S. The highest BCUT2D eigenvalue weighted by Crippen LogP contribution is 2.32. The van der Waals surface area contributed by atoms with Crippen LogP contribution in [0, 0.1) is 0 Å². The highest BCUT2D eigenvalue weighted by molar-refractivity contribution is 7.89. The van der Waals surface area contributed by atoms with E-state index in [4.69, 9.17) is 22.1 Å². The summed E-state index contributed by atoms with van der Waals surface area (Å²) in [5.41, 5.74) is 5.23. The molecule has 0 aliphatic carbocycles. The molecule has 14 nitrogen and oxygen atoms in total. The number of sulfonamides is 1. The van der Waals surface area contributed by atoms with Gasteiger partial charge >= 0.3 is 0 Å². The number of ether oxygens (including phenoxy) is 1. The monoisotopic (exact) mass is 500 g/mol. The number of phenols is 1. The van der Waals surface area contributed by atoms with E-state index in [1.54, 1.807) is 4.72 Å². The fourth-order valence-electron chi connectivity index (χ4n) is 3.25. The predicted octanol–water partition coefficient (Wildman–Crippen LogP) is -1.50. The first-order valence-electron chi connectivity index (χ1n) is 9.21. The van der Waals surface area contributed by atoms with Crippen molar-refractivity contribution in [3.8, 4) is 5.75 Å². The van der Waals surface area contributed by atoms with Crippen molar-refractivity contribution >= 4 is 44.5 Å². The number of hydrogen-bond acceptors (Lipinski definition) is 12. The second kappa shape index (κ2) is 8.36. The molecule has 1 fully saturated rings. The zero-order chi connectivity index (χ0) is 24.1. The van der Waals surface area contributed by atoms with Crippen molar-refractivity contribution in [3.05, 3.63) is 35.1 Å². The van der Waals surface area contributed by atoms with Crippen molar-refractivity contribution in [1.82, 2.24) is 24.2 Å². The minimum Gasteiger partial charge on any atom is -0.507 e. The van der Waals surface area contributed by atoms with Crippen LogP contribution in [-0.4, -0.2) is 79.2 Å². The first-order chi connectivity index (χ1) is 15.5. The Labute approximate surface area is 190 Å². The van der Waals surface area contributed by atoms with Crippen LogP contribution >= 0.6 is 11.6 Å². The second-order valence-corrected chi connectivity index (χ2v) is 9.05. The molecule has 4 rings (SSSR count). The van der Waals surface area contributed by atoms with Crippen LogP contribution in [0.2, 0.25) is 5.02 Å². The number of nitrogens with zero attached hydrogens (tertiary/aromatic N) is 4. The zero-order valence-electron chi connectivity index (χ0n) is 16.4. The van der Waals surface area contributed by atoms with Crippen molar-refractivity contribution in [2.24, 2.45) is 0 Å². The third-order valence-electron chi connectivity index (χ3n) is 4.89. The minimum atomic E-state index is -4.69. The number of anilines is 1. The molecule has 1 saturated heterocycles. The number of halogens is 1. The summed E-state index contributed by atoms with van der Waals surface area (Å²) in [6, 6.07) is 3.46. The molecule has 33 heavy (non-hydrogen) atoms. The Bertz CT molecular complexity index is 1350. The Kier molecular flexibility index (Phi) is 5.85. The number of carbonyl (C=O) groups excluding carboxylic acids is 1. The van der Waals surface area contributed by atoms with Crippen LogP contribution in [0.3, 0.4) is 0 Å². The normalized spacial score (nSPS) is 23.2. The molecule has 1 aliphatic heterocycles. The summed E-state index contributed by atoms with van der Waals surface area (Å²) in [6.45, 7) is -0.582. The molecule has 1 aromatic carbocycles. The Morgan fingerprint density at radius 3 is 2.64 bits per heavy atom. The van der Waals surface area contributed by atoms with E-state index >= 15 is 0 Å². The van der Waals surface area contributed by atoms with E-state index in [-0.39, 0.29) is 27.6 Å². The van der Waals surface area contributed by atoms with Crippen LogP contribution in [0.4, 0.5) is 5.82 Å². The van der Waals surface area contributed by atoms with Gasteiger partial charge in [0, 0.05) is 5.02 Å². The maximum atomic E-state index is 12.8. The number of aliphatic hydroxyl groups is 3.